The Bertz CT molecular complexity index is 707. The molecule has 0 aliphatic heterocycles. The minimum Gasteiger partial charge on any atom is -0.492 e. The van der Waals surface area contributed by atoms with Gasteiger partial charge in [-0.05, 0) is 48.2 Å². The molecule has 0 spiro atoms. The lowest BCUT2D eigenvalue weighted by molar-refractivity contribution is 0.341. The minimum atomic E-state index is -3.41. The Morgan fingerprint density at radius 3 is 1.91 bits per heavy atom. The Morgan fingerprint density at radius 2 is 1.39 bits per heavy atom. The first-order valence-corrected chi connectivity index (χ1v) is 9.49. The van der Waals surface area contributed by atoms with E-state index in [1.54, 1.807) is 12.1 Å². The molecule has 2 aromatic rings. The van der Waals surface area contributed by atoms with Crippen LogP contribution in [0, 0.1) is 0 Å². The number of nitrogens with one attached hydrogen (secondary N) is 1. The van der Waals surface area contributed by atoms with Crippen LogP contribution in [0.2, 0.25) is 0 Å². The molecule has 0 atom stereocenters. The SMILES string of the molecule is CCc1ccc(NS(=O)(=O)CCOc2ccc(CC)cc2)cc1. The number of benzene rings is 2. The van der Waals surface area contributed by atoms with Crippen molar-refractivity contribution in [2.75, 3.05) is 17.1 Å². The molecule has 2 aromatic carbocycles. The van der Waals surface area contributed by atoms with Crippen molar-refractivity contribution in [3.63, 3.8) is 0 Å². The molecule has 0 bridgehead atoms. The number of hydrogen-bond acceptors (Lipinski definition) is 3. The van der Waals surface area contributed by atoms with E-state index >= 15 is 0 Å². The van der Waals surface area contributed by atoms with Gasteiger partial charge in [-0.15, -0.1) is 0 Å². The molecular weight excluding hydrogens is 310 g/mol. The van der Waals surface area contributed by atoms with Crippen molar-refractivity contribution < 1.29 is 13.2 Å². The zero-order valence-corrected chi connectivity index (χ0v) is 14.4. The zero-order chi connectivity index (χ0) is 16.7. The lowest BCUT2D eigenvalue weighted by Crippen LogP contribution is -2.21. The van der Waals surface area contributed by atoms with Gasteiger partial charge in [0.15, 0.2) is 0 Å². The smallest absolute Gasteiger partial charge is 0.236 e. The molecule has 1 N–H and O–H groups in total. The predicted molar refractivity (Wildman–Crippen MR) is 94.5 cm³/mol. The molecule has 5 heteroatoms. The molecule has 0 unspecified atom stereocenters. The van der Waals surface area contributed by atoms with Gasteiger partial charge >= 0.3 is 0 Å². The summed E-state index contributed by atoms with van der Waals surface area (Å²) in [5.41, 5.74) is 2.98. The number of ether oxygens (including phenoxy) is 1. The summed E-state index contributed by atoms with van der Waals surface area (Å²) in [6.45, 7) is 4.26. The van der Waals surface area contributed by atoms with Gasteiger partial charge in [-0.3, -0.25) is 4.72 Å². The second-order valence-corrected chi connectivity index (χ2v) is 7.16. The number of sulfonamides is 1. The Kier molecular flexibility index (Phi) is 6.04. The molecule has 0 fully saturated rings. The Hall–Kier alpha value is -2.01. The number of rotatable bonds is 8. The maximum atomic E-state index is 12.1. The van der Waals surface area contributed by atoms with E-state index in [9.17, 15) is 8.42 Å². The number of hydrogen-bond donors (Lipinski definition) is 1. The highest BCUT2D eigenvalue weighted by Gasteiger charge is 2.10. The molecule has 0 heterocycles. The third kappa shape index (κ3) is 5.60. The van der Waals surface area contributed by atoms with Gasteiger partial charge in [0.2, 0.25) is 10.0 Å². The van der Waals surface area contributed by atoms with Crippen molar-refractivity contribution >= 4 is 15.7 Å². The van der Waals surface area contributed by atoms with E-state index in [1.807, 2.05) is 36.4 Å². The molecule has 2 rings (SSSR count). The third-order valence-electron chi connectivity index (χ3n) is 3.59. The average Bonchev–Trinajstić information content (AvgIpc) is 2.55. The van der Waals surface area contributed by atoms with E-state index < -0.39 is 10.0 Å². The molecule has 0 amide bonds. The highest BCUT2D eigenvalue weighted by molar-refractivity contribution is 7.92. The summed E-state index contributed by atoms with van der Waals surface area (Å²) in [6.07, 6.45) is 1.90. The second kappa shape index (κ2) is 8.02. The van der Waals surface area contributed by atoms with Gasteiger partial charge in [0.25, 0.3) is 0 Å². The summed E-state index contributed by atoms with van der Waals surface area (Å²) in [7, 11) is -3.41. The standard InChI is InChI=1S/C18H23NO3S/c1-3-15-5-9-17(10-6-15)19-23(20,21)14-13-22-18-11-7-16(4-2)8-12-18/h5-12,19H,3-4,13-14H2,1-2H3. The van der Waals surface area contributed by atoms with Crippen molar-refractivity contribution in [1.29, 1.82) is 0 Å². The van der Waals surface area contributed by atoms with E-state index in [4.69, 9.17) is 4.74 Å². The summed E-state index contributed by atoms with van der Waals surface area (Å²) in [4.78, 5) is 0. The lowest BCUT2D eigenvalue weighted by Gasteiger charge is -2.10. The monoisotopic (exact) mass is 333 g/mol. The van der Waals surface area contributed by atoms with Gasteiger partial charge in [0, 0.05) is 5.69 Å². The van der Waals surface area contributed by atoms with E-state index in [1.165, 1.54) is 11.1 Å². The predicted octanol–water partition coefficient (Wildman–Crippen LogP) is 3.63. The van der Waals surface area contributed by atoms with Crippen LogP contribution in [0.15, 0.2) is 48.5 Å². The van der Waals surface area contributed by atoms with Crippen LogP contribution in [-0.2, 0) is 22.9 Å². The van der Waals surface area contributed by atoms with Crippen LogP contribution in [0.4, 0.5) is 5.69 Å². The molecule has 0 aromatic heterocycles. The maximum absolute atomic E-state index is 12.1. The summed E-state index contributed by atoms with van der Waals surface area (Å²) >= 11 is 0. The van der Waals surface area contributed by atoms with Gasteiger partial charge in [0.05, 0.1) is 0 Å². The van der Waals surface area contributed by atoms with Gasteiger partial charge < -0.3 is 4.74 Å². The fraction of sp³-hybridized carbons (Fsp3) is 0.333. The highest BCUT2D eigenvalue weighted by atomic mass is 32.2. The van der Waals surface area contributed by atoms with Crippen molar-refractivity contribution in [3.8, 4) is 5.75 Å². The molecule has 0 saturated heterocycles. The van der Waals surface area contributed by atoms with E-state index in [0.29, 0.717) is 11.4 Å². The van der Waals surface area contributed by atoms with E-state index in [0.717, 1.165) is 12.8 Å². The zero-order valence-electron chi connectivity index (χ0n) is 13.6. The molecule has 0 saturated carbocycles. The topological polar surface area (TPSA) is 55.4 Å². The summed E-state index contributed by atoms with van der Waals surface area (Å²) in [5.74, 6) is 0.600. The average molecular weight is 333 g/mol. The van der Waals surface area contributed by atoms with Crippen molar-refractivity contribution in [2.45, 2.75) is 26.7 Å². The van der Waals surface area contributed by atoms with Crippen LogP contribution >= 0.6 is 0 Å². The van der Waals surface area contributed by atoms with Gasteiger partial charge in [-0.2, -0.15) is 0 Å². The molecular formula is C18H23NO3S. The maximum Gasteiger partial charge on any atom is 0.236 e. The van der Waals surface area contributed by atoms with Crippen LogP contribution in [0.25, 0.3) is 0 Å². The molecule has 0 radical (unpaired) electrons. The third-order valence-corrected chi connectivity index (χ3v) is 4.84. The van der Waals surface area contributed by atoms with Crippen LogP contribution < -0.4 is 9.46 Å². The molecule has 0 aliphatic rings. The van der Waals surface area contributed by atoms with Crippen molar-refractivity contribution in [1.82, 2.24) is 0 Å². The normalized spacial score (nSPS) is 11.2. The Labute approximate surface area is 138 Å². The lowest BCUT2D eigenvalue weighted by atomic mass is 10.2. The van der Waals surface area contributed by atoms with Gasteiger partial charge in [-0.25, -0.2) is 8.42 Å². The number of anilines is 1. The summed E-state index contributed by atoms with van der Waals surface area (Å²) < 4.78 is 32.2. The van der Waals surface area contributed by atoms with Gasteiger partial charge in [-0.1, -0.05) is 38.1 Å². The van der Waals surface area contributed by atoms with E-state index in [-0.39, 0.29) is 12.4 Å². The van der Waals surface area contributed by atoms with Crippen molar-refractivity contribution in [3.05, 3.63) is 59.7 Å². The first-order chi connectivity index (χ1) is 11.0. The van der Waals surface area contributed by atoms with E-state index in [2.05, 4.69) is 18.6 Å². The van der Waals surface area contributed by atoms with Gasteiger partial charge in [0.1, 0.15) is 18.1 Å². The van der Waals surface area contributed by atoms with Crippen molar-refractivity contribution in [2.24, 2.45) is 0 Å². The fourth-order valence-corrected chi connectivity index (χ4v) is 3.03. The molecule has 0 aliphatic carbocycles. The summed E-state index contributed by atoms with van der Waals surface area (Å²) in [6, 6.07) is 15.1. The Balaban J connectivity index is 1.85. The minimum absolute atomic E-state index is 0.0853. The van der Waals surface area contributed by atoms with Crippen LogP contribution in [-0.4, -0.2) is 20.8 Å². The molecule has 23 heavy (non-hydrogen) atoms. The highest BCUT2D eigenvalue weighted by Crippen LogP contribution is 2.14. The Morgan fingerprint density at radius 1 is 0.870 bits per heavy atom. The second-order valence-electron chi connectivity index (χ2n) is 5.32. The molecule has 124 valence electrons. The van der Waals surface area contributed by atoms with Crippen LogP contribution in [0.1, 0.15) is 25.0 Å². The largest absolute Gasteiger partial charge is 0.492 e. The summed E-state index contributed by atoms with van der Waals surface area (Å²) in [5, 5.41) is 0. The molecule has 4 nitrogen and oxygen atoms in total. The number of aryl methyl sites for hydroxylation is 2. The quantitative estimate of drug-likeness (QED) is 0.802. The van der Waals surface area contributed by atoms with Crippen LogP contribution in [0.3, 0.4) is 0 Å². The first kappa shape index (κ1) is 17.3. The fourth-order valence-electron chi connectivity index (χ4n) is 2.13. The first-order valence-electron chi connectivity index (χ1n) is 7.83. The van der Waals surface area contributed by atoms with Crippen LogP contribution in [0.5, 0.6) is 5.75 Å².